The molecule has 2 saturated heterocycles. The van der Waals surface area contributed by atoms with Crippen molar-refractivity contribution in [2.75, 3.05) is 19.6 Å². The fourth-order valence-corrected chi connectivity index (χ4v) is 4.53. The number of hydrogen-bond donors (Lipinski definition) is 1. The highest BCUT2D eigenvalue weighted by Crippen LogP contribution is 2.32. The minimum Gasteiger partial charge on any atom is -0.310 e. The summed E-state index contributed by atoms with van der Waals surface area (Å²) in [4.78, 5) is 2.74. The van der Waals surface area contributed by atoms with Gasteiger partial charge in [0.15, 0.2) is 0 Å². The Bertz CT molecular complexity index is 278. The van der Waals surface area contributed by atoms with Crippen LogP contribution in [0.4, 0.5) is 0 Å². The van der Waals surface area contributed by atoms with Crippen molar-refractivity contribution in [1.29, 1.82) is 0 Å². The second-order valence-corrected chi connectivity index (χ2v) is 7.43. The molecule has 4 unspecified atom stereocenters. The average Bonchev–Trinajstić information content (AvgIpc) is 2.64. The fraction of sp³-hybridized carbons (Fsp3) is 1.00. The smallest absolute Gasteiger partial charge is 0.0197 e. The van der Waals surface area contributed by atoms with Crippen molar-refractivity contribution >= 4 is 0 Å². The number of rotatable bonds is 2. The fourth-order valence-electron chi connectivity index (χ4n) is 4.53. The molecule has 3 aliphatic rings. The van der Waals surface area contributed by atoms with Crippen LogP contribution in [0.3, 0.4) is 0 Å². The van der Waals surface area contributed by atoms with Crippen molar-refractivity contribution in [2.45, 2.75) is 76.8 Å². The van der Waals surface area contributed by atoms with Gasteiger partial charge in [-0.1, -0.05) is 19.8 Å². The Morgan fingerprint density at radius 2 is 1.79 bits per heavy atom. The molecule has 1 aliphatic carbocycles. The molecule has 0 radical (unpaired) electrons. The van der Waals surface area contributed by atoms with Crippen LogP contribution in [0.1, 0.15) is 64.7 Å². The van der Waals surface area contributed by atoms with Crippen LogP contribution in [-0.2, 0) is 0 Å². The molecule has 4 atom stereocenters. The van der Waals surface area contributed by atoms with Crippen molar-refractivity contribution in [2.24, 2.45) is 11.8 Å². The number of fused-ring (bicyclic) bond motifs is 1. The van der Waals surface area contributed by atoms with Crippen LogP contribution < -0.4 is 5.32 Å². The van der Waals surface area contributed by atoms with E-state index in [0.29, 0.717) is 0 Å². The molecule has 0 aromatic rings. The monoisotopic (exact) mass is 264 g/mol. The van der Waals surface area contributed by atoms with E-state index in [0.717, 1.165) is 23.9 Å². The molecular formula is C17H32N2. The summed E-state index contributed by atoms with van der Waals surface area (Å²) >= 11 is 0. The van der Waals surface area contributed by atoms with Gasteiger partial charge in [0.05, 0.1) is 0 Å². The summed E-state index contributed by atoms with van der Waals surface area (Å²) in [6.45, 7) is 6.43. The Morgan fingerprint density at radius 3 is 2.74 bits per heavy atom. The Labute approximate surface area is 119 Å². The lowest BCUT2D eigenvalue weighted by molar-refractivity contribution is 0.145. The van der Waals surface area contributed by atoms with E-state index in [-0.39, 0.29) is 0 Å². The predicted octanol–water partition coefficient (Wildman–Crippen LogP) is 3.42. The van der Waals surface area contributed by atoms with Crippen LogP contribution in [0.15, 0.2) is 0 Å². The van der Waals surface area contributed by atoms with Gasteiger partial charge in [-0.2, -0.15) is 0 Å². The van der Waals surface area contributed by atoms with Crippen LogP contribution >= 0.6 is 0 Å². The van der Waals surface area contributed by atoms with Gasteiger partial charge in [0.25, 0.3) is 0 Å². The van der Waals surface area contributed by atoms with Gasteiger partial charge < -0.3 is 10.2 Å². The van der Waals surface area contributed by atoms with Crippen molar-refractivity contribution in [3.63, 3.8) is 0 Å². The van der Waals surface area contributed by atoms with Crippen molar-refractivity contribution in [3.05, 3.63) is 0 Å². The van der Waals surface area contributed by atoms with Gasteiger partial charge in [0, 0.05) is 18.6 Å². The number of nitrogens with one attached hydrogen (secondary N) is 1. The highest BCUT2D eigenvalue weighted by Gasteiger charge is 2.32. The lowest BCUT2D eigenvalue weighted by Gasteiger charge is -2.42. The van der Waals surface area contributed by atoms with Gasteiger partial charge in [0.2, 0.25) is 0 Å². The molecule has 2 aliphatic heterocycles. The maximum absolute atomic E-state index is 3.99. The van der Waals surface area contributed by atoms with Crippen molar-refractivity contribution in [3.8, 4) is 0 Å². The molecule has 0 aromatic carbocycles. The zero-order valence-corrected chi connectivity index (χ0v) is 12.7. The maximum atomic E-state index is 3.99. The third-order valence-corrected chi connectivity index (χ3v) is 5.83. The van der Waals surface area contributed by atoms with Gasteiger partial charge in [0.1, 0.15) is 0 Å². The summed E-state index contributed by atoms with van der Waals surface area (Å²) in [6, 6.07) is 1.64. The largest absolute Gasteiger partial charge is 0.310 e. The molecule has 2 nitrogen and oxygen atoms in total. The van der Waals surface area contributed by atoms with E-state index in [2.05, 4.69) is 17.1 Å². The van der Waals surface area contributed by atoms with Crippen LogP contribution in [0.2, 0.25) is 0 Å². The van der Waals surface area contributed by atoms with Crippen LogP contribution in [0.25, 0.3) is 0 Å². The van der Waals surface area contributed by atoms with Crippen LogP contribution in [0, 0.1) is 11.8 Å². The molecule has 0 bridgehead atoms. The highest BCUT2D eigenvalue weighted by molar-refractivity contribution is 4.90. The third kappa shape index (κ3) is 3.72. The van der Waals surface area contributed by atoms with Crippen LogP contribution in [-0.4, -0.2) is 36.6 Å². The van der Waals surface area contributed by atoms with E-state index in [1.807, 2.05) is 0 Å². The van der Waals surface area contributed by atoms with Gasteiger partial charge in [-0.3, -0.25) is 0 Å². The van der Waals surface area contributed by atoms with E-state index in [1.165, 1.54) is 77.4 Å². The predicted molar refractivity (Wildman–Crippen MR) is 81.4 cm³/mol. The molecule has 1 saturated carbocycles. The zero-order valence-electron chi connectivity index (χ0n) is 12.7. The van der Waals surface area contributed by atoms with Gasteiger partial charge in [-0.15, -0.1) is 0 Å². The molecule has 0 aromatic heterocycles. The SMILES string of the molecule is CC1CCCN(CC2CCC3CCCCC3N2)CC1. The van der Waals surface area contributed by atoms with Gasteiger partial charge >= 0.3 is 0 Å². The summed E-state index contributed by atoms with van der Waals surface area (Å²) in [5, 5.41) is 3.99. The minimum atomic E-state index is 0.785. The third-order valence-electron chi connectivity index (χ3n) is 5.83. The van der Waals surface area contributed by atoms with E-state index in [1.54, 1.807) is 0 Å². The van der Waals surface area contributed by atoms with E-state index >= 15 is 0 Å². The summed E-state index contributed by atoms with van der Waals surface area (Å²) in [5.41, 5.74) is 0. The topological polar surface area (TPSA) is 15.3 Å². The number of likely N-dealkylation sites (tertiary alicyclic amines) is 1. The molecule has 0 amide bonds. The molecule has 2 heterocycles. The van der Waals surface area contributed by atoms with E-state index < -0.39 is 0 Å². The van der Waals surface area contributed by atoms with Crippen molar-refractivity contribution in [1.82, 2.24) is 10.2 Å². The number of nitrogens with zero attached hydrogens (tertiary/aromatic N) is 1. The molecule has 19 heavy (non-hydrogen) atoms. The quantitative estimate of drug-likeness (QED) is 0.822. The van der Waals surface area contributed by atoms with Crippen molar-refractivity contribution < 1.29 is 0 Å². The summed E-state index contributed by atoms with van der Waals surface area (Å²) in [6.07, 6.45) is 13.1. The standard InChI is InChI=1S/C17H32N2/c1-14-5-4-11-19(12-10-14)13-16-9-8-15-6-2-3-7-17(15)18-16/h14-18H,2-13H2,1H3. The average molecular weight is 264 g/mol. The second-order valence-electron chi connectivity index (χ2n) is 7.43. The first-order valence-electron chi connectivity index (χ1n) is 8.79. The first-order chi connectivity index (χ1) is 9.31. The first kappa shape index (κ1) is 13.9. The Kier molecular flexibility index (Phi) is 4.81. The lowest BCUT2D eigenvalue weighted by atomic mass is 9.78. The maximum Gasteiger partial charge on any atom is 0.0197 e. The molecule has 3 fully saturated rings. The molecular weight excluding hydrogens is 232 g/mol. The number of piperidine rings is 1. The Morgan fingerprint density at radius 1 is 0.895 bits per heavy atom. The Balaban J connectivity index is 1.47. The van der Waals surface area contributed by atoms with E-state index in [9.17, 15) is 0 Å². The lowest BCUT2D eigenvalue weighted by Crippen LogP contribution is -2.53. The van der Waals surface area contributed by atoms with Crippen LogP contribution in [0.5, 0.6) is 0 Å². The molecule has 2 heteroatoms. The number of hydrogen-bond acceptors (Lipinski definition) is 2. The zero-order chi connectivity index (χ0) is 13.1. The molecule has 110 valence electrons. The molecule has 0 spiro atoms. The minimum absolute atomic E-state index is 0.785. The molecule has 3 rings (SSSR count). The second kappa shape index (κ2) is 6.58. The Hall–Kier alpha value is -0.0800. The van der Waals surface area contributed by atoms with Gasteiger partial charge in [-0.05, 0) is 69.9 Å². The highest BCUT2D eigenvalue weighted by atomic mass is 15.2. The summed E-state index contributed by atoms with van der Waals surface area (Å²) in [7, 11) is 0. The van der Waals surface area contributed by atoms with E-state index in [4.69, 9.17) is 0 Å². The summed E-state index contributed by atoms with van der Waals surface area (Å²) < 4.78 is 0. The first-order valence-corrected chi connectivity index (χ1v) is 8.79. The normalized spacial score (nSPS) is 41.5. The summed E-state index contributed by atoms with van der Waals surface area (Å²) in [5.74, 6) is 1.96. The van der Waals surface area contributed by atoms with Gasteiger partial charge in [-0.25, -0.2) is 0 Å². The molecule has 1 N–H and O–H groups in total.